The first kappa shape index (κ1) is 14.2. The molecule has 0 fully saturated rings. The van der Waals surface area contributed by atoms with Gasteiger partial charge in [-0.25, -0.2) is 0 Å². The van der Waals surface area contributed by atoms with E-state index in [1.807, 2.05) is 39.0 Å². The average molecular weight is 248 g/mol. The van der Waals surface area contributed by atoms with Gasteiger partial charge in [0.15, 0.2) is 0 Å². The van der Waals surface area contributed by atoms with E-state index >= 15 is 0 Å². The highest BCUT2D eigenvalue weighted by Gasteiger charge is 2.08. The number of nitrogens with one attached hydrogen (secondary N) is 2. The van der Waals surface area contributed by atoms with E-state index in [0.29, 0.717) is 12.1 Å². The molecule has 0 aliphatic rings. The lowest BCUT2D eigenvalue weighted by atomic mass is 10.1. The van der Waals surface area contributed by atoms with Gasteiger partial charge in [0.1, 0.15) is 0 Å². The molecule has 0 spiro atoms. The standard InChI is InChI=1S/C14H20N2O2/c1-4-5-15-13(17)9-16-14(18)12-7-10(2)6-11(3)8-12/h6-8H,4-5,9H2,1-3H3,(H,15,17)(H,16,18). The number of rotatable bonds is 5. The zero-order valence-electron chi connectivity index (χ0n) is 11.2. The molecular formula is C14H20N2O2. The van der Waals surface area contributed by atoms with Gasteiger partial charge < -0.3 is 10.6 Å². The summed E-state index contributed by atoms with van der Waals surface area (Å²) in [5.74, 6) is -0.372. The van der Waals surface area contributed by atoms with Gasteiger partial charge in [0.2, 0.25) is 5.91 Å². The molecule has 1 rings (SSSR count). The van der Waals surface area contributed by atoms with Gasteiger partial charge >= 0.3 is 0 Å². The predicted molar refractivity (Wildman–Crippen MR) is 71.5 cm³/mol. The highest BCUT2D eigenvalue weighted by Crippen LogP contribution is 2.08. The monoisotopic (exact) mass is 248 g/mol. The van der Waals surface area contributed by atoms with Gasteiger partial charge in [0, 0.05) is 12.1 Å². The Balaban J connectivity index is 2.52. The van der Waals surface area contributed by atoms with Crippen LogP contribution in [0, 0.1) is 13.8 Å². The Hall–Kier alpha value is -1.84. The molecule has 1 aromatic rings. The van der Waals surface area contributed by atoms with Crippen LogP contribution in [0.2, 0.25) is 0 Å². The number of benzene rings is 1. The van der Waals surface area contributed by atoms with Crippen molar-refractivity contribution >= 4 is 11.8 Å². The molecule has 0 radical (unpaired) electrons. The van der Waals surface area contributed by atoms with Crippen molar-refractivity contribution in [3.63, 3.8) is 0 Å². The van der Waals surface area contributed by atoms with Crippen LogP contribution in [0.1, 0.15) is 34.8 Å². The third kappa shape index (κ3) is 4.57. The van der Waals surface area contributed by atoms with Crippen molar-refractivity contribution in [1.29, 1.82) is 0 Å². The molecule has 0 aromatic heterocycles. The summed E-state index contributed by atoms with van der Waals surface area (Å²) < 4.78 is 0. The number of aryl methyl sites for hydroxylation is 2. The fourth-order valence-corrected chi connectivity index (χ4v) is 1.70. The number of hydrogen-bond donors (Lipinski definition) is 2. The minimum Gasteiger partial charge on any atom is -0.355 e. The minimum atomic E-state index is -0.214. The molecule has 4 nitrogen and oxygen atoms in total. The molecule has 4 heteroatoms. The first-order valence-corrected chi connectivity index (χ1v) is 6.16. The van der Waals surface area contributed by atoms with Crippen LogP contribution in [0.3, 0.4) is 0 Å². The molecular weight excluding hydrogens is 228 g/mol. The molecule has 0 saturated carbocycles. The van der Waals surface area contributed by atoms with E-state index in [1.54, 1.807) is 0 Å². The second-order valence-electron chi connectivity index (χ2n) is 4.41. The van der Waals surface area contributed by atoms with Gasteiger partial charge in [-0.3, -0.25) is 9.59 Å². The van der Waals surface area contributed by atoms with E-state index in [2.05, 4.69) is 10.6 Å². The number of hydrogen-bond acceptors (Lipinski definition) is 2. The first-order valence-electron chi connectivity index (χ1n) is 6.16. The third-order valence-electron chi connectivity index (χ3n) is 2.47. The van der Waals surface area contributed by atoms with Crippen molar-refractivity contribution in [2.75, 3.05) is 13.1 Å². The SMILES string of the molecule is CCCNC(=O)CNC(=O)c1cc(C)cc(C)c1. The Morgan fingerprint density at radius 1 is 1.06 bits per heavy atom. The summed E-state index contributed by atoms with van der Waals surface area (Å²) in [4.78, 5) is 23.2. The van der Waals surface area contributed by atoms with Crippen LogP contribution < -0.4 is 10.6 Å². The van der Waals surface area contributed by atoms with Gasteiger partial charge in [-0.15, -0.1) is 0 Å². The van der Waals surface area contributed by atoms with E-state index in [0.717, 1.165) is 17.5 Å². The molecule has 0 aliphatic heterocycles. The molecule has 0 heterocycles. The molecule has 0 aliphatic carbocycles. The quantitative estimate of drug-likeness (QED) is 0.830. The van der Waals surface area contributed by atoms with E-state index in [9.17, 15) is 9.59 Å². The van der Waals surface area contributed by atoms with Crippen molar-refractivity contribution in [3.8, 4) is 0 Å². The summed E-state index contributed by atoms with van der Waals surface area (Å²) >= 11 is 0. The Labute approximate surface area is 108 Å². The van der Waals surface area contributed by atoms with Gasteiger partial charge in [-0.1, -0.05) is 24.1 Å². The number of carbonyl (C=O) groups is 2. The third-order valence-corrected chi connectivity index (χ3v) is 2.47. The van der Waals surface area contributed by atoms with Crippen LogP contribution >= 0.6 is 0 Å². The number of amides is 2. The maximum Gasteiger partial charge on any atom is 0.251 e. The molecule has 1 aromatic carbocycles. The van der Waals surface area contributed by atoms with Crippen LogP contribution in [-0.2, 0) is 4.79 Å². The molecule has 0 bridgehead atoms. The summed E-state index contributed by atoms with van der Waals surface area (Å²) in [6, 6.07) is 5.63. The van der Waals surface area contributed by atoms with E-state index in [1.165, 1.54) is 0 Å². The van der Waals surface area contributed by atoms with Crippen molar-refractivity contribution in [2.24, 2.45) is 0 Å². The topological polar surface area (TPSA) is 58.2 Å². The van der Waals surface area contributed by atoms with Crippen LogP contribution in [-0.4, -0.2) is 24.9 Å². The van der Waals surface area contributed by atoms with Gasteiger partial charge in [-0.05, 0) is 32.4 Å². The minimum absolute atomic E-state index is 0.0197. The van der Waals surface area contributed by atoms with Crippen molar-refractivity contribution in [3.05, 3.63) is 34.9 Å². The molecule has 98 valence electrons. The lowest BCUT2D eigenvalue weighted by Crippen LogP contribution is -2.37. The largest absolute Gasteiger partial charge is 0.355 e. The summed E-state index contributed by atoms with van der Waals surface area (Å²) in [7, 11) is 0. The summed E-state index contributed by atoms with van der Waals surface area (Å²) in [6.07, 6.45) is 0.886. The Morgan fingerprint density at radius 2 is 1.67 bits per heavy atom. The molecule has 2 N–H and O–H groups in total. The van der Waals surface area contributed by atoms with E-state index < -0.39 is 0 Å². The molecule has 18 heavy (non-hydrogen) atoms. The Morgan fingerprint density at radius 3 is 2.22 bits per heavy atom. The van der Waals surface area contributed by atoms with Gasteiger partial charge in [0.05, 0.1) is 6.54 Å². The van der Waals surface area contributed by atoms with Gasteiger partial charge in [0.25, 0.3) is 5.91 Å². The summed E-state index contributed by atoms with van der Waals surface area (Å²) in [5.41, 5.74) is 2.67. The van der Waals surface area contributed by atoms with Crippen molar-refractivity contribution in [1.82, 2.24) is 10.6 Å². The lowest BCUT2D eigenvalue weighted by Gasteiger charge is -2.07. The second-order valence-corrected chi connectivity index (χ2v) is 4.41. The lowest BCUT2D eigenvalue weighted by molar-refractivity contribution is -0.120. The Kier molecular flexibility index (Phi) is 5.36. The summed E-state index contributed by atoms with van der Waals surface area (Å²) in [6.45, 7) is 6.52. The zero-order valence-corrected chi connectivity index (χ0v) is 11.2. The van der Waals surface area contributed by atoms with Crippen LogP contribution in [0.15, 0.2) is 18.2 Å². The Bertz CT molecular complexity index is 421. The molecule has 2 amide bonds. The van der Waals surface area contributed by atoms with E-state index in [4.69, 9.17) is 0 Å². The van der Waals surface area contributed by atoms with Gasteiger partial charge in [-0.2, -0.15) is 0 Å². The zero-order chi connectivity index (χ0) is 13.5. The van der Waals surface area contributed by atoms with Crippen molar-refractivity contribution < 1.29 is 9.59 Å². The highest BCUT2D eigenvalue weighted by atomic mass is 16.2. The predicted octanol–water partition coefficient (Wildman–Crippen LogP) is 1.56. The van der Waals surface area contributed by atoms with Crippen LogP contribution in [0.25, 0.3) is 0 Å². The maximum absolute atomic E-state index is 11.8. The fourth-order valence-electron chi connectivity index (χ4n) is 1.70. The number of carbonyl (C=O) groups excluding carboxylic acids is 2. The average Bonchev–Trinajstić information content (AvgIpc) is 2.32. The normalized spacial score (nSPS) is 9.94. The van der Waals surface area contributed by atoms with E-state index in [-0.39, 0.29) is 18.4 Å². The second kappa shape index (κ2) is 6.79. The molecule has 0 unspecified atom stereocenters. The highest BCUT2D eigenvalue weighted by molar-refractivity contribution is 5.96. The summed E-state index contributed by atoms with van der Waals surface area (Å²) in [5, 5.41) is 5.32. The molecule has 0 atom stereocenters. The van der Waals surface area contributed by atoms with Crippen LogP contribution in [0.4, 0.5) is 0 Å². The van der Waals surface area contributed by atoms with Crippen LogP contribution in [0.5, 0.6) is 0 Å². The maximum atomic E-state index is 11.8. The smallest absolute Gasteiger partial charge is 0.251 e. The fraction of sp³-hybridized carbons (Fsp3) is 0.429. The first-order chi connectivity index (χ1) is 8.52. The van der Waals surface area contributed by atoms with Crippen molar-refractivity contribution in [2.45, 2.75) is 27.2 Å². The molecule has 0 saturated heterocycles.